The number of tetrazole rings is 1. The molecule has 2 fully saturated rings. The van der Waals surface area contributed by atoms with Crippen LogP contribution in [0.4, 0.5) is 11.4 Å². The Morgan fingerprint density at radius 2 is 1.68 bits per heavy atom. The third-order valence-corrected chi connectivity index (χ3v) is 7.62. The summed E-state index contributed by atoms with van der Waals surface area (Å²) in [5, 5.41) is 15.6. The van der Waals surface area contributed by atoms with Crippen LogP contribution in [0.3, 0.4) is 0 Å². The van der Waals surface area contributed by atoms with E-state index in [4.69, 9.17) is 0 Å². The molecule has 0 bridgehead atoms. The van der Waals surface area contributed by atoms with Crippen LogP contribution in [0.15, 0.2) is 59.8 Å². The van der Waals surface area contributed by atoms with E-state index in [1.54, 1.807) is 4.68 Å². The van der Waals surface area contributed by atoms with E-state index in [0.717, 1.165) is 49.3 Å². The number of benzene rings is 2. The Balaban J connectivity index is 1.18. The van der Waals surface area contributed by atoms with Gasteiger partial charge in [0.1, 0.15) is 0 Å². The zero-order valence-corrected chi connectivity index (χ0v) is 20.2. The molecule has 8 nitrogen and oxygen atoms in total. The Bertz CT molecular complexity index is 1080. The number of amides is 1. The van der Waals surface area contributed by atoms with E-state index in [1.807, 2.05) is 48.5 Å². The smallest absolute Gasteiger partial charge is 0.234 e. The third kappa shape index (κ3) is 5.42. The Kier molecular flexibility index (Phi) is 7.40. The second-order valence-corrected chi connectivity index (χ2v) is 9.82. The number of carbonyl (C=O) groups excluding carboxylic acids is 1. The standard InChI is InChI=1S/C25H31N7OS/c33-24(19-34-25-27-28-29-32(25)21-11-5-2-6-12-21)26-22-13-7-8-14-23(22)31-17-15-30(16-18-31)20-9-3-1-4-10-20/h2,5-8,11-14,20H,1,3-4,9-10,15-19H2,(H,26,33). The highest BCUT2D eigenvalue weighted by atomic mass is 32.2. The zero-order valence-electron chi connectivity index (χ0n) is 19.3. The predicted octanol–water partition coefficient (Wildman–Crippen LogP) is 3.85. The van der Waals surface area contributed by atoms with E-state index in [0.29, 0.717) is 5.16 Å². The summed E-state index contributed by atoms with van der Waals surface area (Å²) in [6.07, 6.45) is 6.82. The molecule has 0 spiro atoms. The molecule has 9 heteroatoms. The Labute approximate surface area is 204 Å². The molecule has 1 saturated carbocycles. The van der Waals surface area contributed by atoms with Crippen molar-refractivity contribution < 1.29 is 4.79 Å². The van der Waals surface area contributed by atoms with Gasteiger partial charge in [-0.3, -0.25) is 9.69 Å². The van der Waals surface area contributed by atoms with Gasteiger partial charge in [-0.05, 0) is 47.5 Å². The van der Waals surface area contributed by atoms with Gasteiger partial charge in [0.2, 0.25) is 11.1 Å². The lowest BCUT2D eigenvalue weighted by Crippen LogP contribution is -2.51. The van der Waals surface area contributed by atoms with Crippen molar-refractivity contribution in [1.29, 1.82) is 0 Å². The number of thioether (sulfide) groups is 1. The maximum atomic E-state index is 12.8. The van der Waals surface area contributed by atoms with Crippen LogP contribution in [-0.4, -0.2) is 69.0 Å². The van der Waals surface area contributed by atoms with E-state index >= 15 is 0 Å². The molecule has 2 aliphatic rings. The van der Waals surface area contributed by atoms with E-state index in [9.17, 15) is 4.79 Å². The molecule has 0 radical (unpaired) electrons. The SMILES string of the molecule is O=C(CSc1nnnn1-c1ccccc1)Nc1ccccc1N1CCN(C2CCCCC2)CC1. The summed E-state index contributed by atoms with van der Waals surface area (Å²) in [6.45, 7) is 4.16. The number of nitrogens with zero attached hydrogens (tertiary/aromatic N) is 6. The van der Waals surface area contributed by atoms with Gasteiger partial charge < -0.3 is 10.2 Å². The molecule has 178 valence electrons. The molecule has 1 N–H and O–H groups in total. The number of para-hydroxylation sites is 3. The topological polar surface area (TPSA) is 79.2 Å². The maximum absolute atomic E-state index is 12.8. The molecule has 1 aliphatic carbocycles. The predicted molar refractivity (Wildman–Crippen MR) is 136 cm³/mol. The van der Waals surface area contributed by atoms with Gasteiger partial charge in [-0.1, -0.05) is 61.4 Å². The minimum Gasteiger partial charge on any atom is -0.367 e. The van der Waals surface area contributed by atoms with Crippen LogP contribution in [0.25, 0.3) is 5.69 Å². The van der Waals surface area contributed by atoms with Crippen LogP contribution < -0.4 is 10.2 Å². The van der Waals surface area contributed by atoms with Crippen LogP contribution in [0.5, 0.6) is 0 Å². The molecular weight excluding hydrogens is 446 g/mol. The fraction of sp³-hybridized carbons (Fsp3) is 0.440. The van der Waals surface area contributed by atoms with Crippen molar-refractivity contribution in [3.05, 3.63) is 54.6 Å². The molecule has 1 aliphatic heterocycles. The molecule has 34 heavy (non-hydrogen) atoms. The first-order chi connectivity index (χ1) is 16.8. The van der Waals surface area contributed by atoms with E-state index in [1.165, 1.54) is 43.9 Å². The molecule has 5 rings (SSSR count). The highest BCUT2D eigenvalue weighted by molar-refractivity contribution is 7.99. The maximum Gasteiger partial charge on any atom is 0.234 e. The fourth-order valence-corrected chi connectivity index (χ4v) is 5.64. The van der Waals surface area contributed by atoms with Gasteiger partial charge in [0.25, 0.3) is 0 Å². The largest absolute Gasteiger partial charge is 0.367 e. The quantitative estimate of drug-likeness (QED) is 0.518. The van der Waals surface area contributed by atoms with Crippen LogP contribution in [0.1, 0.15) is 32.1 Å². The average molecular weight is 478 g/mol. The van der Waals surface area contributed by atoms with Crippen molar-refractivity contribution in [2.75, 3.05) is 42.1 Å². The number of hydrogen-bond donors (Lipinski definition) is 1. The summed E-state index contributed by atoms with van der Waals surface area (Å²) in [5.74, 6) is 0.165. The number of carbonyl (C=O) groups is 1. The number of anilines is 2. The van der Waals surface area contributed by atoms with Crippen molar-refractivity contribution in [2.45, 2.75) is 43.3 Å². The first-order valence-corrected chi connectivity index (χ1v) is 13.1. The normalized spacial score (nSPS) is 17.6. The first-order valence-electron chi connectivity index (χ1n) is 12.1. The Hall–Kier alpha value is -2.91. The summed E-state index contributed by atoms with van der Waals surface area (Å²) in [6, 6.07) is 18.6. The molecule has 2 aromatic carbocycles. The third-order valence-electron chi connectivity index (χ3n) is 6.70. The summed E-state index contributed by atoms with van der Waals surface area (Å²) >= 11 is 1.33. The molecule has 0 atom stereocenters. The average Bonchev–Trinajstić information content (AvgIpc) is 3.38. The molecule has 1 amide bonds. The van der Waals surface area contributed by atoms with Crippen molar-refractivity contribution >= 4 is 29.0 Å². The molecule has 1 saturated heterocycles. The van der Waals surface area contributed by atoms with Crippen molar-refractivity contribution in [3.63, 3.8) is 0 Å². The van der Waals surface area contributed by atoms with Crippen LogP contribution in [-0.2, 0) is 4.79 Å². The second-order valence-electron chi connectivity index (χ2n) is 8.88. The summed E-state index contributed by atoms with van der Waals surface area (Å²) in [7, 11) is 0. The lowest BCUT2D eigenvalue weighted by molar-refractivity contribution is -0.113. The van der Waals surface area contributed by atoms with Crippen LogP contribution >= 0.6 is 11.8 Å². The van der Waals surface area contributed by atoms with Gasteiger partial charge in [-0.15, -0.1) is 5.10 Å². The molecular formula is C25H31N7OS. The van der Waals surface area contributed by atoms with Crippen molar-refractivity contribution in [2.24, 2.45) is 0 Å². The van der Waals surface area contributed by atoms with Gasteiger partial charge in [-0.2, -0.15) is 4.68 Å². The summed E-state index contributed by atoms with van der Waals surface area (Å²) in [4.78, 5) is 17.9. The highest BCUT2D eigenvalue weighted by Crippen LogP contribution is 2.29. The number of piperazine rings is 1. The lowest BCUT2D eigenvalue weighted by atomic mass is 9.94. The van der Waals surface area contributed by atoms with Gasteiger partial charge in [0.15, 0.2) is 0 Å². The van der Waals surface area contributed by atoms with Gasteiger partial charge in [0.05, 0.1) is 22.8 Å². The number of rotatable bonds is 7. The van der Waals surface area contributed by atoms with Gasteiger partial charge in [-0.25, -0.2) is 0 Å². The monoisotopic (exact) mass is 477 g/mol. The van der Waals surface area contributed by atoms with Crippen molar-refractivity contribution in [3.8, 4) is 5.69 Å². The van der Waals surface area contributed by atoms with E-state index < -0.39 is 0 Å². The highest BCUT2D eigenvalue weighted by Gasteiger charge is 2.26. The van der Waals surface area contributed by atoms with Crippen LogP contribution in [0, 0.1) is 0 Å². The van der Waals surface area contributed by atoms with E-state index in [-0.39, 0.29) is 11.7 Å². The van der Waals surface area contributed by atoms with Crippen LogP contribution in [0.2, 0.25) is 0 Å². The number of aromatic nitrogens is 4. The van der Waals surface area contributed by atoms with Gasteiger partial charge >= 0.3 is 0 Å². The molecule has 1 aromatic heterocycles. The Morgan fingerprint density at radius 1 is 0.941 bits per heavy atom. The summed E-state index contributed by atoms with van der Waals surface area (Å²) < 4.78 is 1.65. The minimum atomic E-state index is -0.0686. The van der Waals surface area contributed by atoms with Gasteiger partial charge in [0, 0.05) is 32.2 Å². The molecule has 0 unspecified atom stereocenters. The van der Waals surface area contributed by atoms with Crippen molar-refractivity contribution in [1.82, 2.24) is 25.1 Å². The van der Waals surface area contributed by atoms with E-state index in [2.05, 4.69) is 36.7 Å². The zero-order chi connectivity index (χ0) is 23.2. The molecule has 2 heterocycles. The minimum absolute atomic E-state index is 0.0686. The number of hydrogen-bond acceptors (Lipinski definition) is 7. The molecule has 3 aromatic rings. The lowest BCUT2D eigenvalue weighted by Gasteiger charge is -2.42. The number of nitrogens with one attached hydrogen (secondary N) is 1. The fourth-order valence-electron chi connectivity index (χ4n) is 4.95. The second kappa shape index (κ2) is 11.0. The summed E-state index contributed by atoms with van der Waals surface area (Å²) in [5.41, 5.74) is 2.83. The Morgan fingerprint density at radius 3 is 2.47 bits per heavy atom. The first kappa shape index (κ1) is 22.9.